The summed E-state index contributed by atoms with van der Waals surface area (Å²) in [6, 6.07) is 0. The molecule has 2 nitrogen and oxygen atoms in total. The molecule has 0 aliphatic rings. The van der Waals surface area contributed by atoms with E-state index >= 15 is 0 Å². The highest BCUT2D eigenvalue weighted by Gasteiger charge is 1.92. The van der Waals surface area contributed by atoms with Gasteiger partial charge in [-0.05, 0) is 19.1 Å². The minimum atomic E-state index is -0.359. The van der Waals surface area contributed by atoms with Crippen LogP contribution >= 0.6 is 11.8 Å². The van der Waals surface area contributed by atoms with Gasteiger partial charge < -0.3 is 5.11 Å². The van der Waals surface area contributed by atoms with Crippen LogP contribution in [0, 0.1) is 0 Å². The summed E-state index contributed by atoms with van der Waals surface area (Å²) in [6.45, 7) is 4.86. The Morgan fingerprint density at radius 1 is 1.45 bits per heavy atom. The summed E-state index contributed by atoms with van der Waals surface area (Å²) < 4.78 is 0. The lowest BCUT2D eigenvalue weighted by molar-refractivity contribution is 0.160. The van der Waals surface area contributed by atoms with Crippen LogP contribution in [0.1, 0.15) is 26.7 Å². The van der Waals surface area contributed by atoms with Crippen molar-refractivity contribution in [1.29, 1.82) is 0 Å². The number of aliphatic hydroxyl groups is 1. The van der Waals surface area contributed by atoms with Gasteiger partial charge >= 0.3 is 0 Å². The Hall–Kier alpha value is 0.270. The average Bonchev–Trinajstić information content (AvgIpc) is 1.96. The van der Waals surface area contributed by atoms with E-state index < -0.39 is 0 Å². The zero-order valence-corrected chi connectivity index (χ0v) is 8.28. The molecule has 0 aromatic carbocycles. The van der Waals surface area contributed by atoms with E-state index in [1.165, 1.54) is 18.6 Å². The predicted molar refractivity (Wildman–Crippen MR) is 51.9 cm³/mol. The topological polar surface area (TPSA) is 32.3 Å². The van der Waals surface area contributed by atoms with Crippen LogP contribution in [-0.4, -0.2) is 29.4 Å². The Morgan fingerprint density at radius 2 is 2.18 bits per heavy atom. The van der Waals surface area contributed by atoms with Gasteiger partial charge in [-0.25, -0.2) is 0 Å². The molecule has 0 bridgehead atoms. The SMILES string of the molecule is CCCCSCCNC(C)O. The fraction of sp³-hybridized carbons (Fsp3) is 1.00. The monoisotopic (exact) mass is 177 g/mol. The Kier molecular flexibility index (Phi) is 8.57. The van der Waals surface area contributed by atoms with E-state index in [2.05, 4.69) is 12.2 Å². The molecule has 1 unspecified atom stereocenters. The molecule has 0 aliphatic carbocycles. The van der Waals surface area contributed by atoms with Crippen LogP contribution in [0.2, 0.25) is 0 Å². The molecule has 68 valence electrons. The van der Waals surface area contributed by atoms with Gasteiger partial charge in [0.1, 0.15) is 6.23 Å². The number of aliphatic hydroxyl groups excluding tert-OH is 1. The quantitative estimate of drug-likeness (QED) is 0.456. The van der Waals surface area contributed by atoms with Crippen molar-refractivity contribution < 1.29 is 5.11 Å². The summed E-state index contributed by atoms with van der Waals surface area (Å²) >= 11 is 1.95. The first-order chi connectivity index (χ1) is 5.27. The minimum absolute atomic E-state index is 0.359. The fourth-order valence-corrected chi connectivity index (χ4v) is 1.65. The summed E-state index contributed by atoms with van der Waals surface area (Å²) in [5.74, 6) is 2.35. The van der Waals surface area contributed by atoms with Gasteiger partial charge in [0.25, 0.3) is 0 Å². The highest BCUT2D eigenvalue weighted by atomic mass is 32.2. The van der Waals surface area contributed by atoms with Gasteiger partial charge in [0, 0.05) is 12.3 Å². The summed E-state index contributed by atoms with van der Waals surface area (Å²) in [5, 5.41) is 11.8. The van der Waals surface area contributed by atoms with E-state index in [0.717, 1.165) is 12.3 Å². The molecular weight excluding hydrogens is 158 g/mol. The second-order valence-corrected chi connectivity index (χ2v) is 3.82. The first-order valence-corrected chi connectivity index (χ1v) is 5.42. The van der Waals surface area contributed by atoms with Crippen molar-refractivity contribution in [3.8, 4) is 0 Å². The number of nitrogens with one attached hydrogen (secondary N) is 1. The molecule has 0 radical (unpaired) electrons. The number of rotatable bonds is 7. The number of hydrogen-bond donors (Lipinski definition) is 2. The van der Waals surface area contributed by atoms with Crippen LogP contribution in [0.4, 0.5) is 0 Å². The lowest BCUT2D eigenvalue weighted by Crippen LogP contribution is -2.27. The maximum atomic E-state index is 8.83. The molecule has 0 saturated heterocycles. The van der Waals surface area contributed by atoms with Crippen molar-refractivity contribution in [2.75, 3.05) is 18.1 Å². The maximum Gasteiger partial charge on any atom is 0.102 e. The molecule has 0 amide bonds. The van der Waals surface area contributed by atoms with Crippen LogP contribution in [0.25, 0.3) is 0 Å². The minimum Gasteiger partial charge on any atom is -0.379 e. The maximum absolute atomic E-state index is 8.83. The van der Waals surface area contributed by atoms with Crippen molar-refractivity contribution in [1.82, 2.24) is 5.32 Å². The van der Waals surface area contributed by atoms with Crippen LogP contribution in [0.15, 0.2) is 0 Å². The highest BCUT2D eigenvalue weighted by Crippen LogP contribution is 2.02. The molecule has 11 heavy (non-hydrogen) atoms. The molecule has 1 atom stereocenters. The smallest absolute Gasteiger partial charge is 0.102 e. The molecule has 0 saturated carbocycles. The molecule has 0 fully saturated rings. The van der Waals surface area contributed by atoms with Gasteiger partial charge in [0.05, 0.1) is 0 Å². The third kappa shape index (κ3) is 10.3. The highest BCUT2D eigenvalue weighted by molar-refractivity contribution is 7.99. The van der Waals surface area contributed by atoms with Gasteiger partial charge in [-0.1, -0.05) is 13.3 Å². The Morgan fingerprint density at radius 3 is 2.73 bits per heavy atom. The number of hydrogen-bond acceptors (Lipinski definition) is 3. The van der Waals surface area contributed by atoms with Crippen molar-refractivity contribution >= 4 is 11.8 Å². The van der Waals surface area contributed by atoms with Gasteiger partial charge in [-0.15, -0.1) is 0 Å². The number of unbranched alkanes of at least 4 members (excludes halogenated alkanes) is 1. The molecule has 2 N–H and O–H groups in total. The normalized spacial score (nSPS) is 13.4. The van der Waals surface area contributed by atoms with Crippen molar-refractivity contribution in [3.05, 3.63) is 0 Å². The zero-order valence-electron chi connectivity index (χ0n) is 7.47. The van der Waals surface area contributed by atoms with Crippen LogP contribution < -0.4 is 5.32 Å². The van der Waals surface area contributed by atoms with Crippen LogP contribution in [0.3, 0.4) is 0 Å². The second-order valence-electron chi connectivity index (χ2n) is 2.60. The first-order valence-electron chi connectivity index (χ1n) is 4.26. The third-order valence-electron chi connectivity index (χ3n) is 1.33. The van der Waals surface area contributed by atoms with Gasteiger partial charge in [0.15, 0.2) is 0 Å². The second kappa shape index (κ2) is 8.37. The molecule has 0 rings (SSSR count). The summed E-state index contributed by atoms with van der Waals surface area (Å²) in [4.78, 5) is 0. The Labute approximate surface area is 73.8 Å². The van der Waals surface area contributed by atoms with Crippen LogP contribution in [0.5, 0.6) is 0 Å². The predicted octanol–water partition coefficient (Wildman–Crippen LogP) is 1.45. The largest absolute Gasteiger partial charge is 0.379 e. The fourth-order valence-electron chi connectivity index (χ4n) is 0.688. The molecular formula is C8H19NOS. The lowest BCUT2D eigenvalue weighted by atomic mass is 10.4. The van der Waals surface area contributed by atoms with E-state index in [9.17, 15) is 0 Å². The molecule has 0 heterocycles. The number of thioether (sulfide) groups is 1. The summed E-state index contributed by atoms with van der Waals surface area (Å²) in [7, 11) is 0. The third-order valence-corrected chi connectivity index (χ3v) is 2.40. The van der Waals surface area contributed by atoms with Gasteiger partial charge in [0.2, 0.25) is 0 Å². The van der Waals surface area contributed by atoms with Gasteiger partial charge in [-0.3, -0.25) is 5.32 Å². The molecule has 3 heteroatoms. The van der Waals surface area contributed by atoms with E-state index in [-0.39, 0.29) is 6.23 Å². The van der Waals surface area contributed by atoms with E-state index in [1.807, 2.05) is 11.8 Å². The van der Waals surface area contributed by atoms with Crippen molar-refractivity contribution in [3.63, 3.8) is 0 Å². The zero-order chi connectivity index (χ0) is 8.53. The lowest BCUT2D eigenvalue weighted by Gasteiger charge is -2.05. The van der Waals surface area contributed by atoms with Crippen molar-refractivity contribution in [2.45, 2.75) is 32.9 Å². The summed E-state index contributed by atoms with van der Waals surface area (Å²) in [6.07, 6.45) is 2.22. The Bertz CT molecular complexity index is 78.5. The molecule has 0 aromatic rings. The summed E-state index contributed by atoms with van der Waals surface area (Å²) in [5.41, 5.74) is 0. The standard InChI is InChI=1S/C8H19NOS/c1-3-4-6-11-7-5-9-8(2)10/h8-10H,3-7H2,1-2H3. The Balaban J connectivity index is 2.80. The molecule has 0 aromatic heterocycles. The average molecular weight is 177 g/mol. The molecule has 0 aliphatic heterocycles. The first kappa shape index (κ1) is 11.3. The van der Waals surface area contributed by atoms with Crippen molar-refractivity contribution in [2.24, 2.45) is 0 Å². The van der Waals surface area contributed by atoms with Gasteiger partial charge in [-0.2, -0.15) is 11.8 Å². The van der Waals surface area contributed by atoms with E-state index in [4.69, 9.17) is 5.11 Å². The molecule has 0 spiro atoms. The van der Waals surface area contributed by atoms with E-state index in [0.29, 0.717) is 0 Å². The van der Waals surface area contributed by atoms with E-state index in [1.54, 1.807) is 6.92 Å². The van der Waals surface area contributed by atoms with Crippen LogP contribution in [-0.2, 0) is 0 Å².